The standard InChI is InChI=1S/C15H15N5/c1-10-7-8-12(16)9-13(10)15-17-18-19-20(15)14-6-4-3-5-11(14)2/h3-9H,16H2,1-2H3. The lowest BCUT2D eigenvalue weighted by Gasteiger charge is -2.09. The fourth-order valence-corrected chi connectivity index (χ4v) is 2.20. The molecular formula is C15H15N5. The van der Waals surface area contributed by atoms with E-state index in [0.717, 1.165) is 22.4 Å². The molecule has 1 heterocycles. The topological polar surface area (TPSA) is 69.6 Å². The lowest BCUT2D eigenvalue weighted by Crippen LogP contribution is -2.03. The summed E-state index contributed by atoms with van der Waals surface area (Å²) < 4.78 is 1.75. The zero-order valence-corrected chi connectivity index (χ0v) is 11.4. The molecule has 0 spiro atoms. The number of rotatable bonds is 2. The van der Waals surface area contributed by atoms with Crippen LogP contribution in [0.3, 0.4) is 0 Å². The van der Waals surface area contributed by atoms with Gasteiger partial charge < -0.3 is 5.73 Å². The predicted molar refractivity (Wildman–Crippen MR) is 78.5 cm³/mol. The molecule has 0 atom stereocenters. The maximum Gasteiger partial charge on any atom is 0.187 e. The molecule has 0 saturated heterocycles. The van der Waals surface area contributed by atoms with Crippen LogP contribution in [0.1, 0.15) is 11.1 Å². The predicted octanol–water partition coefficient (Wildman–Crippen LogP) is 2.53. The Bertz CT molecular complexity index is 760. The molecule has 3 rings (SSSR count). The van der Waals surface area contributed by atoms with Crippen molar-refractivity contribution in [3.63, 3.8) is 0 Å². The third-order valence-corrected chi connectivity index (χ3v) is 3.32. The Labute approximate surface area is 117 Å². The molecule has 0 radical (unpaired) electrons. The van der Waals surface area contributed by atoms with Crippen LogP contribution in [0.25, 0.3) is 17.1 Å². The molecule has 0 aliphatic heterocycles. The average molecular weight is 265 g/mol. The van der Waals surface area contributed by atoms with Gasteiger partial charge in [0, 0.05) is 11.3 Å². The summed E-state index contributed by atoms with van der Waals surface area (Å²) in [6.45, 7) is 4.05. The van der Waals surface area contributed by atoms with Gasteiger partial charge in [-0.25, -0.2) is 0 Å². The first-order valence-electron chi connectivity index (χ1n) is 6.37. The van der Waals surface area contributed by atoms with E-state index in [1.807, 2.05) is 56.3 Å². The molecular weight excluding hydrogens is 250 g/mol. The lowest BCUT2D eigenvalue weighted by atomic mass is 10.1. The fourth-order valence-electron chi connectivity index (χ4n) is 2.20. The van der Waals surface area contributed by atoms with Crippen LogP contribution in [0.5, 0.6) is 0 Å². The van der Waals surface area contributed by atoms with Crippen molar-refractivity contribution in [2.75, 3.05) is 5.73 Å². The van der Waals surface area contributed by atoms with E-state index in [4.69, 9.17) is 5.73 Å². The van der Waals surface area contributed by atoms with Gasteiger partial charge in [-0.1, -0.05) is 24.3 Å². The summed E-state index contributed by atoms with van der Waals surface area (Å²) in [4.78, 5) is 0. The van der Waals surface area contributed by atoms with Crippen LogP contribution in [0.4, 0.5) is 5.69 Å². The number of nitrogen functional groups attached to an aromatic ring is 1. The van der Waals surface area contributed by atoms with Crippen molar-refractivity contribution < 1.29 is 0 Å². The number of aryl methyl sites for hydroxylation is 2. The minimum absolute atomic E-state index is 0.698. The molecule has 2 aromatic carbocycles. The molecule has 0 fully saturated rings. The highest BCUT2D eigenvalue weighted by Crippen LogP contribution is 2.25. The largest absolute Gasteiger partial charge is 0.399 e. The zero-order valence-electron chi connectivity index (χ0n) is 11.4. The number of hydrogen-bond donors (Lipinski definition) is 1. The molecule has 100 valence electrons. The zero-order chi connectivity index (χ0) is 14.1. The Kier molecular flexibility index (Phi) is 2.95. The van der Waals surface area contributed by atoms with Gasteiger partial charge in [0.2, 0.25) is 0 Å². The second kappa shape index (κ2) is 4.77. The molecule has 0 amide bonds. The number of nitrogens with two attached hydrogens (primary N) is 1. The second-order valence-electron chi connectivity index (χ2n) is 4.78. The molecule has 0 unspecified atom stereocenters. The third kappa shape index (κ3) is 2.03. The molecule has 2 N–H and O–H groups in total. The first-order valence-corrected chi connectivity index (χ1v) is 6.37. The van der Waals surface area contributed by atoms with Crippen LogP contribution < -0.4 is 5.73 Å². The van der Waals surface area contributed by atoms with Gasteiger partial charge in [0.05, 0.1) is 5.69 Å². The first-order chi connectivity index (χ1) is 9.66. The minimum Gasteiger partial charge on any atom is -0.399 e. The summed E-state index contributed by atoms with van der Waals surface area (Å²) in [5.74, 6) is 0.698. The van der Waals surface area contributed by atoms with Gasteiger partial charge >= 0.3 is 0 Å². The Morgan fingerprint density at radius 1 is 1.00 bits per heavy atom. The first kappa shape index (κ1) is 12.3. The summed E-state index contributed by atoms with van der Waals surface area (Å²) in [5.41, 5.74) is 10.7. The van der Waals surface area contributed by atoms with Crippen molar-refractivity contribution in [1.29, 1.82) is 0 Å². The van der Waals surface area contributed by atoms with Gasteiger partial charge in [0.25, 0.3) is 0 Å². The average Bonchev–Trinajstić information content (AvgIpc) is 2.91. The molecule has 0 aliphatic rings. The van der Waals surface area contributed by atoms with E-state index in [0.29, 0.717) is 11.5 Å². The highest BCUT2D eigenvalue weighted by atomic mass is 15.5. The second-order valence-corrected chi connectivity index (χ2v) is 4.78. The monoisotopic (exact) mass is 265 g/mol. The molecule has 1 aromatic heterocycles. The minimum atomic E-state index is 0.698. The smallest absolute Gasteiger partial charge is 0.187 e. The molecule has 20 heavy (non-hydrogen) atoms. The maximum absolute atomic E-state index is 5.87. The lowest BCUT2D eigenvalue weighted by molar-refractivity contribution is 0.787. The Balaban J connectivity index is 2.21. The van der Waals surface area contributed by atoms with E-state index >= 15 is 0 Å². The quantitative estimate of drug-likeness (QED) is 0.723. The molecule has 0 bridgehead atoms. The molecule has 0 saturated carbocycles. The maximum atomic E-state index is 5.87. The Morgan fingerprint density at radius 2 is 1.80 bits per heavy atom. The number of anilines is 1. The SMILES string of the molecule is Cc1ccc(N)cc1-c1nnnn1-c1ccccc1C. The van der Waals surface area contributed by atoms with Gasteiger partial charge in [0.15, 0.2) is 5.82 Å². The van der Waals surface area contributed by atoms with Crippen molar-refractivity contribution >= 4 is 5.69 Å². The van der Waals surface area contributed by atoms with E-state index in [1.54, 1.807) is 4.68 Å². The number of tetrazole rings is 1. The summed E-state index contributed by atoms with van der Waals surface area (Å²) >= 11 is 0. The third-order valence-electron chi connectivity index (χ3n) is 3.32. The normalized spacial score (nSPS) is 10.7. The summed E-state index contributed by atoms with van der Waals surface area (Å²) in [6.07, 6.45) is 0. The van der Waals surface area contributed by atoms with Crippen LogP contribution >= 0.6 is 0 Å². The highest BCUT2D eigenvalue weighted by Gasteiger charge is 2.14. The number of benzene rings is 2. The summed E-state index contributed by atoms with van der Waals surface area (Å²) in [7, 11) is 0. The van der Waals surface area contributed by atoms with Crippen LogP contribution in [-0.4, -0.2) is 20.2 Å². The number of aromatic nitrogens is 4. The van der Waals surface area contributed by atoms with Crippen LogP contribution in [0, 0.1) is 13.8 Å². The van der Waals surface area contributed by atoms with Gasteiger partial charge in [-0.3, -0.25) is 0 Å². The van der Waals surface area contributed by atoms with Crippen molar-refractivity contribution in [2.45, 2.75) is 13.8 Å². The molecule has 5 heteroatoms. The van der Waals surface area contributed by atoms with Crippen molar-refractivity contribution in [3.8, 4) is 17.1 Å². The van der Waals surface area contributed by atoms with Crippen molar-refractivity contribution in [2.24, 2.45) is 0 Å². The molecule has 5 nitrogen and oxygen atoms in total. The van der Waals surface area contributed by atoms with E-state index in [-0.39, 0.29) is 0 Å². The Morgan fingerprint density at radius 3 is 2.60 bits per heavy atom. The van der Waals surface area contributed by atoms with E-state index < -0.39 is 0 Å². The van der Waals surface area contributed by atoms with E-state index in [1.165, 1.54) is 0 Å². The van der Waals surface area contributed by atoms with Crippen LogP contribution in [0.15, 0.2) is 42.5 Å². The fraction of sp³-hybridized carbons (Fsp3) is 0.133. The highest BCUT2D eigenvalue weighted by molar-refractivity contribution is 5.66. The van der Waals surface area contributed by atoms with Gasteiger partial charge in [0.1, 0.15) is 0 Å². The number of nitrogens with zero attached hydrogens (tertiary/aromatic N) is 4. The molecule has 0 aliphatic carbocycles. The van der Waals surface area contributed by atoms with Crippen molar-refractivity contribution in [3.05, 3.63) is 53.6 Å². The Hall–Kier alpha value is -2.69. The van der Waals surface area contributed by atoms with Gasteiger partial charge in [-0.05, 0) is 53.6 Å². The van der Waals surface area contributed by atoms with Gasteiger partial charge in [-0.15, -0.1) is 5.10 Å². The number of para-hydroxylation sites is 1. The van der Waals surface area contributed by atoms with Crippen LogP contribution in [-0.2, 0) is 0 Å². The summed E-state index contributed by atoms with van der Waals surface area (Å²) in [5, 5.41) is 12.1. The van der Waals surface area contributed by atoms with Crippen molar-refractivity contribution in [1.82, 2.24) is 20.2 Å². The summed E-state index contributed by atoms with van der Waals surface area (Å²) in [6, 6.07) is 13.7. The molecule has 3 aromatic rings. The van der Waals surface area contributed by atoms with Crippen LogP contribution in [0.2, 0.25) is 0 Å². The van der Waals surface area contributed by atoms with E-state index in [9.17, 15) is 0 Å². The number of hydrogen-bond acceptors (Lipinski definition) is 4. The van der Waals surface area contributed by atoms with E-state index in [2.05, 4.69) is 15.5 Å². The van der Waals surface area contributed by atoms with Gasteiger partial charge in [-0.2, -0.15) is 4.68 Å².